The van der Waals surface area contributed by atoms with E-state index in [9.17, 15) is 40.1 Å². The lowest BCUT2D eigenvalue weighted by molar-refractivity contribution is -0.143. The quantitative estimate of drug-likeness (QED) is 0.568. The SMILES string of the molecule is NC(=O)[C@H](CC[S@@](=O)c1ccccc1)NC(=O)Cc1cc(C(F)(F)F)cc(C(F)(F)F)c1. The van der Waals surface area contributed by atoms with Crippen LogP contribution in [0.1, 0.15) is 23.1 Å². The van der Waals surface area contributed by atoms with Crippen molar-refractivity contribution in [1.29, 1.82) is 0 Å². The molecule has 0 aliphatic rings. The van der Waals surface area contributed by atoms with Gasteiger partial charge in [-0.15, -0.1) is 0 Å². The fourth-order valence-corrected chi connectivity index (χ4v) is 3.90. The van der Waals surface area contributed by atoms with Crippen molar-refractivity contribution < 1.29 is 40.1 Å². The summed E-state index contributed by atoms with van der Waals surface area (Å²) in [5.74, 6) is -2.05. The topological polar surface area (TPSA) is 89.3 Å². The minimum absolute atomic E-state index is 0.0491. The number of halogens is 6. The van der Waals surface area contributed by atoms with E-state index in [1.54, 1.807) is 30.3 Å². The summed E-state index contributed by atoms with van der Waals surface area (Å²) in [6.07, 6.45) is -11.1. The van der Waals surface area contributed by atoms with Crippen molar-refractivity contribution in [1.82, 2.24) is 5.32 Å². The first kappa shape index (κ1) is 25.4. The Labute approximate surface area is 181 Å². The maximum Gasteiger partial charge on any atom is 0.416 e. The minimum atomic E-state index is -5.05. The summed E-state index contributed by atoms with van der Waals surface area (Å²) in [5.41, 5.74) is 1.56. The lowest BCUT2D eigenvalue weighted by atomic mass is 10.0. The lowest BCUT2D eigenvalue weighted by Gasteiger charge is -2.17. The number of hydrogen-bond donors (Lipinski definition) is 2. The van der Waals surface area contributed by atoms with Crippen LogP contribution in [0.15, 0.2) is 53.4 Å². The van der Waals surface area contributed by atoms with Crippen LogP contribution in [0.25, 0.3) is 0 Å². The number of nitrogens with two attached hydrogens (primary N) is 1. The summed E-state index contributed by atoms with van der Waals surface area (Å²) in [6.45, 7) is 0. The van der Waals surface area contributed by atoms with E-state index >= 15 is 0 Å². The van der Waals surface area contributed by atoms with E-state index in [0.717, 1.165) is 0 Å². The molecule has 5 nitrogen and oxygen atoms in total. The first-order chi connectivity index (χ1) is 14.8. The van der Waals surface area contributed by atoms with Crippen molar-refractivity contribution in [2.24, 2.45) is 5.73 Å². The molecule has 0 fully saturated rings. The van der Waals surface area contributed by atoms with Gasteiger partial charge in [0.25, 0.3) is 0 Å². The van der Waals surface area contributed by atoms with E-state index in [1.807, 2.05) is 0 Å². The highest BCUT2D eigenvalue weighted by Gasteiger charge is 2.37. The molecule has 3 N–H and O–H groups in total. The van der Waals surface area contributed by atoms with Gasteiger partial charge in [-0.05, 0) is 42.3 Å². The molecule has 2 amide bonds. The van der Waals surface area contributed by atoms with Crippen LogP contribution < -0.4 is 11.1 Å². The average Bonchev–Trinajstić information content (AvgIpc) is 2.69. The first-order valence-corrected chi connectivity index (χ1v) is 10.4. The van der Waals surface area contributed by atoms with Gasteiger partial charge in [-0.1, -0.05) is 18.2 Å². The molecule has 32 heavy (non-hydrogen) atoms. The molecule has 12 heteroatoms. The Bertz CT molecular complexity index is 961. The third-order valence-corrected chi connectivity index (χ3v) is 5.69. The van der Waals surface area contributed by atoms with Crippen LogP contribution in [0.2, 0.25) is 0 Å². The van der Waals surface area contributed by atoms with Gasteiger partial charge in [-0.3, -0.25) is 13.8 Å². The van der Waals surface area contributed by atoms with Gasteiger partial charge in [0.05, 0.1) is 28.3 Å². The molecule has 2 atom stereocenters. The molecule has 2 rings (SSSR count). The number of hydrogen-bond acceptors (Lipinski definition) is 3. The Morgan fingerprint density at radius 3 is 1.94 bits per heavy atom. The molecular weight excluding hydrogens is 462 g/mol. The molecule has 0 spiro atoms. The van der Waals surface area contributed by atoms with Crippen LogP contribution in [0, 0.1) is 0 Å². The number of carbonyl (C=O) groups is 2. The molecule has 0 bridgehead atoms. The molecule has 0 radical (unpaired) electrons. The highest BCUT2D eigenvalue weighted by Crippen LogP contribution is 2.36. The Balaban J connectivity index is 2.11. The molecule has 0 aliphatic carbocycles. The van der Waals surface area contributed by atoms with Gasteiger partial charge in [-0.2, -0.15) is 26.3 Å². The molecule has 2 aromatic carbocycles. The van der Waals surface area contributed by atoms with Crippen molar-refractivity contribution in [2.75, 3.05) is 5.75 Å². The molecule has 0 unspecified atom stereocenters. The van der Waals surface area contributed by atoms with Gasteiger partial charge >= 0.3 is 12.4 Å². The molecule has 174 valence electrons. The van der Waals surface area contributed by atoms with Gasteiger partial charge in [0, 0.05) is 10.6 Å². The maximum absolute atomic E-state index is 12.9. The molecule has 0 saturated heterocycles. The number of nitrogens with one attached hydrogen (secondary N) is 1. The van der Waals surface area contributed by atoms with Crippen LogP contribution in [0.3, 0.4) is 0 Å². The number of alkyl halides is 6. The largest absolute Gasteiger partial charge is 0.416 e. The Morgan fingerprint density at radius 2 is 1.47 bits per heavy atom. The van der Waals surface area contributed by atoms with E-state index < -0.39 is 64.1 Å². The van der Waals surface area contributed by atoms with E-state index in [2.05, 4.69) is 5.32 Å². The molecule has 0 heterocycles. The van der Waals surface area contributed by atoms with Gasteiger partial charge in [0.2, 0.25) is 11.8 Å². The predicted octanol–water partition coefficient (Wildman–Crippen LogP) is 3.43. The van der Waals surface area contributed by atoms with Crippen LogP contribution in [0.5, 0.6) is 0 Å². The second kappa shape index (κ2) is 10.2. The van der Waals surface area contributed by atoms with Crippen LogP contribution in [0.4, 0.5) is 26.3 Å². The van der Waals surface area contributed by atoms with Gasteiger partial charge in [-0.25, -0.2) is 0 Å². The Kier molecular flexibility index (Phi) is 8.05. The first-order valence-electron chi connectivity index (χ1n) is 9.08. The normalized spacial score (nSPS) is 13.9. The number of carbonyl (C=O) groups excluding carboxylic acids is 2. The molecule has 0 saturated carbocycles. The highest BCUT2D eigenvalue weighted by molar-refractivity contribution is 7.85. The summed E-state index contributed by atoms with van der Waals surface area (Å²) in [7, 11) is -1.51. The van der Waals surface area contributed by atoms with E-state index in [4.69, 9.17) is 5.73 Å². The zero-order valence-electron chi connectivity index (χ0n) is 16.3. The van der Waals surface area contributed by atoms with Crippen LogP contribution >= 0.6 is 0 Å². The van der Waals surface area contributed by atoms with Gasteiger partial charge < -0.3 is 11.1 Å². The van der Waals surface area contributed by atoms with Crippen molar-refractivity contribution in [3.63, 3.8) is 0 Å². The average molecular weight is 480 g/mol. The fourth-order valence-electron chi connectivity index (χ4n) is 2.75. The molecule has 0 aromatic heterocycles. The molecule has 0 aliphatic heterocycles. The summed E-state index contributed by atoms with van der Waals surface area (Å²) in [5, 5.41) is 2.18. The predicted molar refractivity (Wildman–Crippen MR) is 104 cm³/mol. The minimum Gasteiger partial charge on any atom is -0.368 e. The number of primary amides is 1. The monoisotopic (exact) mass is 480 g/mol. The lowest BCUT2D eigenvalue weighted by Crippen LogP contribution is -2.45. The Morgan fingerprint density at radius 1 is 0.938 bits per heavy atom. The molecular formula is C20H18F6N2O3S. The third kappa shape index (κ3) is 7.36. The number of benzene rings is 2. The zero-order valence-corrected chi connectivity index (χ0v) is 17.1. The highest BCUT2D eigenvalue weighted by atomic mass is 32.2. The smallest absolute Gasteiger partial charge is 0.368 e. The maximum atomic E-state index is 12.9. The van der Waals surface area contributed by atoms with Crippen LogP contribution in [-0.2, 0) is 39.2 Å². The third-order valence-electron chi connectivity index (χ3n) is 4.29. The van der Waals surface area contributed by atoms with Crippen molar-refractivity contribution in [2.45, 2.75) is 36.1 Å². The summed E-state index contributed by atoms with van der Waals surface area (Å²) in [6, 6.07) is 7.73. The van der Waals surface area contributed by atoms with Crippen LogP contribution in [-0.4, -0.2) is 27.8 Å². The van der Waals surface area contributed by atoms with E-state index in [0.29, 0.717) is 17.0 Å². The number of rotatable bonds is 8. The number of amides is 2. The van der Waals surface area contributed by atoms with Crippen molar-refractivity contribution >= 4 is 22.6 Å². The zero-order chi connectivity index (χ0) is 24.1. The van der Waals surface area contributed by atoms with E-state index in [1.165, 1.54) is 0 Å². The standard InChI is InChI=1S/C20H18F6N2O3S/c21-19(22,23)13-8-12(9-14(11-13)20(24,25)26)10-17(29)28-16(18(27)30)6-7-32(31)15-4-2-1-3-5-15/h1-5,8-9,11,16H,6-7,10H2,(H2,27,30)(H,28,29)/t16-,32+/m0/s1. The second-order valence-electron chi connectivity index (χ2n) is 6.76. The summed E-state index contributed by atoms with van der Waals surface area (Å²) >= 11 is 0. The summed E-state index contributed by atoms with van der Waals surface area (Å²) in [4.78, 5) is 24.3. The molecule has 2 aromatic rings. The van der Waals surface area contributed by atoms with Crippen molar-refractivity contribution in [3.05, 3.63) is 65.2 Å². The fraction of sp³-hybridized carbons (Fsp3) is 0.300. The van der Waals surface area contributed by atoms with Gasteiger partial charge in [0.15, 0.2) is 0 Å². The summed E-state index contributed by atoms with van der Waals surface area (Å²) < 4.78 is 89.9. The van der Waals surface area contributed by atoms with E-state index in [-0.39, 0.29) is 18.2 Å². The Hall–Kier alpha value is -2.89. The van der Waals surface area contributed by atoms with Crippen molar-refractivity contribution in [3.8, 4) is 0 Å². The van der Waals surface area contributed by atoms with Gasteiger partial charge in [0.1, 0.15) is 6.04 Å². The second-order valence-corrected chi connectivity index (χ2v) is 8.34.